The van der Waals surface area contributed by atoms with Gasteiger partial charge in [0.05, 0.1) is 0 Å². The normalized spacial score (nSPS) is 10.2. The summed E-state index contributed by atoms with van der Waals surface area (Å²) in [6, 6.07) is 10.6. The number of para-hydroxylation sites is 1. The number of carbonyl (C=O) groups is 1. The molecule has 98 valence electrons. The molecular formula is C14H10BrFO3. The van der Waals surface area contributed by atoms with Crippen molar-refractivity contribution in [3.8, 4) is 5.75 Å². The number of hydrogen-bond acceptors (Lipinski definition) is 2. The third-order valence-corrected chi connectivity index (χ3v) is 3.25. The quantitative estimate of drug-likeness (QED) is 0.928. The Morgan fingerprint density at radius 3 is 2.68 bits per heavy atom. The predicted molar refractivity (Wildman–Crippen MR) is 71.8 cm³/mol. The minimum Gasteiger partial charge on any atom is -0.488 e. The first kappa shape index (κ1) is 13.5. The van der Waals surface area contributed by atoms with Crippen LogP contribution in [-0.4, -0.2) is 11.1 Å². The molecule has 0 fully saturated rings. The van der Waals surface area contributed by atoms with E-state index in [1.165, 1.54) is 18.2 Å². The van der Waals surface area contributed by atoms with E-state index in [1.807, 2.05) is 0 Å². The third-order valence-electron chi connectivity index (χ3n) is 2.52. The number of halogens is 2. The third kappa shape index (κ3) is 3.32. The van der Waals surface area contributed by atoms with Crippen LogP contribution in [0.2, 0.25) is 0 Å². The number of ether oxygens (including phenoxy) is 1. The van der Waals surface area contributed by atoms with Crippen molar-refractivity contribution in [3.05, 3.63) is 63.9 Å². The van der Waals surface area contributed by atoms with Gasteiger partial charge >= 0.3 is 5.97 Å². The summed E-state index contributed by atoms with van der Waals surface area (Å²) in [6.07, 6.45) is 0. The molecule has 0 aliphatic heterocycles. The molecule has 2 aromatic rings. The molecule has 5 heteroatoms. The first-order valence-corrected chi connectivity index (χ1v) is 6.26. The van der Waals surface area contributed by atoms with Gasteiger partial charge in [0.2, 0.25) is 0 Å². The van der Waals surface area contributed by atoms with Crippen LogP contribution in [0, 0.1) is 5.82 Å². The Hall–Kier alpha value is -1.88. The van der Waals surface area contributed by atoms with Gasteiger partial charge in [0, 0.05) is 10.0 Å². The van der Waals surface area contributed by atoms with Gasteiger partial charge in [-0.3, -0.25) is 0 Å². The molecule has 0 aliphatic carbocycles. The number of rotatable bonds is 4. The Bertz CT molecular complexity index is 613. The molecular weight excluding hydrogens is 315 g/mol. The molecule has 0 aliphatic rings. The Balaban J connectivity index is 2.17. The summed E-state index contributed by atoms with van der Waals surface area (Å²) in [6.45, 7) is 0.158. The van der Waals surface area contributed by atoms with Crippen LogP contribution < -0.4 is 4.74 Å². The molecule has 1 N–H and O–H groups in total. The summed E-state index contributed by atoms with van der Waals surface area (Å²) < 4.78 is 19.0. The molecule has 0 saturated heterocycles. The maximum absolute atomic E-state index is 12.9. The highest BCUT2D eigenvalue weighted by Gasteiger charge is 2.11. The van der Waals surface area contributed by atoms with Crippen molar-refractivity contribution in [1.29, 1.82) is 0 Å². The second-order valence-corrected chi connectivity index (χ2v) is 4.68. The van der Waals surface area contributed by atoms with Gasteiger partial charge in [-0.15, -0.1) is 0 Å². The van der Waals surface area contributed by atoms with Crippen molar-refractivity contribution < 1.29 is 19.0 Å². The number of benzene rings is 2. The summed E-state index contributed by atoms with van der Waals surface area (Å²) in [5, 5.41) is 9.01. The van der Waals surface area contributed by atoms with Gasteiger partial charge in [0.25, 0.3) is 0 Å². The molecule has 0 bridgehead atoms. The highest BCUT2D eigenvalue weighted by atomic mass is 79.9. The van der Waals surface area contributed by atoms with Crippen molar-refractivity contribution in [3.63, 3.8) is 0 Å². The van der Waals surface area contributed by atoms with Crippen molar-refractivity contribution in [2.24, 2.45) is 0 Å². The Morgan fingerprint density at radius 1 is 1.26 bits per heavy atom. The van der Waals surface area contributed by atoms with Gasteiger partial charge in [0.1, 0.15) is 23.7 Å². The van der Waals surface area contributed by atoms with Crippen molar-refractivity contribution in [2.45, 2.75) is 6.61 Å². The molecule has 2 rings (SSSR count). The van der Waals surface area contributed by atoms with Crippen molar-refractivity contribution in [2.75, 3.05) is 0 Å². The fourth-order valence-electron chi connectivity index (χ4n) is 1.56. The highest BCUT2D eigenvalue weighted by molar-refractivity contribution is 9.10. The zero-order valence-electron chi connectivity index (χ0n) is 9.77. The second-order valence-electron chi connectivity index (χ2n) is 3.83. The van der Waals surface area contributed by atoms with E-state index in [-0.39, 0.29) is 23.7 Å². The number of carboxylic acids is 1. The smallest absolute Gasteiger partial charge is 0.339 e. The summed E-state index contributed by atoms with van der Waals surface area (Å²) in [4.78, 5) is 11.0. The van der Waals surface area contributed by atoms with Gasteiger partial charge in [-0.2, -0.15) is 0 Å². The minimum absolute atomic E-state index is 0.0979. The first-order valence-electron chi connectivity index (χ1n) is 5.47. The van der Waals surface area contributed by atoms with Crippen LogP contribution in [0.15, 0.2) is 46.9 Å². The van der Waals surface area contributed by atoms with E-state index in [0.29, 0.717) is 4.47 Å². The fourth-order valence-corrected chi connectivity index (χ4v) is 2.03. The van der Waals surface area contributed by atoms with Gasteiger partial charge in [-0.05, 0) is 24.3 Å². The van der Waals surface area contributed by atoms with Gasteiger partial charge < -0.3 is 9.84 Å². The molecule has 0 heterocycles. The SMILES string of the molecule is O=C(O)c1ccccc1OCc1ccc(F)cc1Br. The highest BCUT2D eigenvalue weighted by Crippen LogP contribution is 2.22. The number of aromatic carboxylic acids is 1. The van der Waals surface area contributed by atoms with Crippen molar-refractivity contribution >= 4 is 21.9 Å². The zero-order valence-corrected chi connectivity index (χ0v) is 11.4. The van der Waals surface area contributed by atoms with Crippen LogP contribution >= 0.6 is 15.9 Å². The van der Waals surface area contributed by atoms with Crippen LogP contribution in [0.4, 0.5) is 4.39 Å². The topological polar surface area (TPSA) is 46.5 Å². The van der Waals surface area contributed by atoms with E-state index in [1.54, 1.807) is 24.3 Å². The largest absolute Gasteiger partial charge is 0.488 e. The lowest BCUT2D eigenvalue weighted by molar-refractivity contribution is 0.0691. The molecule has 19 heavy (non-hydrogen) atoms. The molecule has 3 nitrogen and oxygen atoms in total. The maximum atomic E-state index is 12.9. The monoisotopic (exact) mass is 324 g/mol. The lowest BCUT2D eigenvalue weighted by Gasteiger charge is -2.10. The van der Waals surface area contributed by atoms with E-state index >= 15 is 0 Å². The summed E-state index contributed by atoms with van der Waals surface area (Å²) in [7, 11) is 0. The number of hydrogen-bond donors (Lipinski definition) is 1. The molecule has 0 atom stereocenters. The van der Waals surface area contributed by atoms with Crippen LogP contribution in [-0.2, 0) is 6.61 Å². The Morgan fingerprint density at radius 2 is 2.00 bits per heavy atom. The van der Waals surface area contributed by atoms with Gasteiger partial charge in [0.15, 0.2) is 0 Å². The van der Waals surface area contributed by atoms with Crippen molar-refractivity contribution in [1.82, 2.24) is 0 Å². The summed E-state index contributed by atoms with van der Waals surface area (Å²) in [5.41, 5.74) is 0.835. The summed E-state index contributed by atoms with van der Waals surface area (Å²) in [5.74, 6) is -1.11. The molecule has 0 unspecified atom stereocenters. The van der Waals surface area contributed by atoms with Gasteiger partial charge in [-0.25, -0.2) is 9.18 Å². The van der Waals surface area contributed by atoms with Gasteiger partial charge in [-0.1, -0.05) is 34.1 Å². The zero-order chi connectivity index (χ0) is 13.8. The molecule has 0 radical (unpaired) electrons. The van der Waals surface area contributed by atoms with E-state index in [2.05, 4.69) is 15.9 Å². The first-order chi connectivity index (χ1) is 9.08. The standard InChI is InChI=1S/C14H10BrFO3/c15-12-7-10(16)6-5-9(12)8-19-13-4-2-1-3-11(13)14(17)18/h1-7H,8H2,(H,17,18). The second kappa shape index (κ2) is 5.84. The summed E-state index contributed by atoms with van der Waals surface area (Å²) >= 11 is 3.23. The van der Waals surface area contributed by atoms with E-state index in [4.69, 9.17) is 9.84 Å². The van der Waals surface area contributed by atoms with E-state index in [0.717, 1.165) is 5.56 Å². The molecule has 0 saturated carbocycles. The van der Waals surface area contributed by atoms with E-state index < -0.39 is 5.97 Å². The average molecular weight is 325 g/mol. The van der Waals surface area contributed by atoms with Crippen LogP contribution in [0.5, 0.6) is 5.75 Å². The van der Waals surface area contributed by atoms with Crippen LogP contribution in [0.1, 0.15) is 15.9 Å². The lowest BCUT2D eigenvalue weighted by atomic mass is 10.2. The maximum Gasteiger partial charge on any atom is 0.339 e. The average Bonchev–Trinajstić information content (AvgIpc) is 2.38. The predicted octanol–water partition coefficient (Wildman–Crippen LogP) is 3.87. The molecule has 2 aromatic carbocycles. The Kier molecular flexibility index (Phi) is 4.16. The molecule has 0 spiro atoms. The fraction of sp³-hybridized carbons (Fsp3) is 0.0714. The van der Waals surface area contributed by atoms with Crippen LogP contribution in [0.3, 0.4) is 0 Å². The van der Waals surface area contributed by atoms with E-state index in [9.17, 15) is 9.18 Å². The number of carboxylic acid groups (broad SMARTS) is 1. The van der Waals surface area contributed by atoms with Crippen LogP contribution in [0.25, 0.3) is 0 Å². The molecule has 0 aromatic heterocycles. The molecule has 0 amide bonds. The Labute approximate surface area is 117 Å². The minimum atomic E-state index is -1.05. The lowest BCUT2D eigenvalue weighted by Crippen LogP contribution is -2.03.